The van der Waals surface area contributed by atoms with E-state index in [1.807, 2.05) is 55.1 Å². The van der Waals surface area contributed by atoms with Gasteiger partial charge in [-0.05, 0) is 48.4 Å². The molecule has 0 unspecified atom stereocenters. The second kappa shape index (κ2) is 9.61. The summed E-state index contributed by atoms with van der Waals surface area (Å²) in [6, 6.07) is 13.5. The summed E-state index contributed by atoms with van der Waals surface area (Å²) in [5, 5.41) is 4.52. The Kier molecular flexibility index (Phi) is 6.22. The molecule has 1 fully saturated rings. The molecule has 0 saturated carbocycles. The van der Waals surface area contributed by atoms with E-state index in [0.717, 1.165) is 30.2 Å². The van der Waals surface area contributed by atoms with Crippen molar-refractivity contribution in [2.75, 3.05) is 38.2 Å². The molecule has 0 radical (unpaired) electrons. The Bertz CT molecular complexity index is 1290. The van der Waals surface area contributed by atoms with Crippen LogP contribution in [-0.4, -0.2) is 63.8 Å². The summed E-state index contributed by atoms with van der Waals surface area (Å²) < 4.78 is 12.4. The van der Waals surface area contributed by atoms with Gasteiger partial charge in [0.05, 0.1) is 30.8 Å². The Hall–Kier alpha value is -4.14. The predicted molar refractivity (Wildman–Crippen MR) is 132 cm³/mol. The van der Waals surface area contributed by atoms with Crippen LogP contribution < -0.4 is 9.64 Å². The molecule has 0 atom stereocenters. The summed E-state index contributed by atoms with van der Waals surface area (Å²) >= 11 is 0. The SMILES string of the molecule is COc1ccc(N2CCN(C(=O)c3cnn(-c4nccc(-c5ccco5)n4)c3C(C)C)CC2)cc1. The predicted octanol–water partition coefficient (Wildman–Crippen LogP) is 4.02. The molecule has 1 amide bonds. The zero-order valence-corrected chi connectivity index (χ0v) is 20.1. The average Bonchev–Trinajstić information content (AvgIpc) is 3.59. The maximum Gasteiger partial charge on any atom is 0.257 e. The Morgan fingerprint density at radius 2 is 1.83 bits per heavy atom. The molecular formula is C26H28N6O3. The minimum absolute atomic E-state index is 0.0171. The third kappa shape index (κ3) is 4.49. The van der Waals surface area contributed by atoms with E-state index in [1.54, 1.807) is 36.5 Å². The van der Waals surface area contributed by atoms with E-state index in [1.165, 1.54) is 0 Å². The minimum atomic E-state index is -0.0171. The normalized spacial score (nSPS) is 13.9. The van der Waals surface area contributed by atoms with Crippen molar-refractivity contribution >= 4 is 11.6 Å². The number of piperazine rings is 1. The fourth-order valence-electron chi connectivity index (χ4n) is 4.38. The fraction of sp³-hybridized carbons (Fsp3) is 0.308. The monoisotopic (exact) mass is 472 g/mol. The van der Waals surface area contributed by atoms with Gasteiger partial charge in [0.1, 0.15) is 11.4 Å². The smallest absolute Gasteiger partial charge is 0.257 e. The number of hydrogen-bond donors (Lipinski definition) is 0. The third-order valence-corrected chi connectivity index (χ3v) is 6.19. The molecule has 0 aliphatic carbocycles. The molecule has 0 N–H and O–H groups in total. The van der Waals surface area contributed by atoms with Gasteiger partial charge in [-0.3, -0.25) is 4.79 Å². The quantitative estimate of drug-likeness (QED) is 0.419. The molecule has 3 aromatic heterocycles. The molecule has 4 aromatic rings. The van der Waals surface area contributed by atoms with Gasteiger partial charge in [-0.1, -0.05) is 13.8 Å². The molecule has 9 nitrogen and oxygen atoms in total. The highest BCUT2D eigenvalue weighted by Gasteiger charge is 2.28. The zero-order chi connectivity index (χ0) is 24.4. The van der Waals surface area contributed by atoms with Crippen molar-refractivity contribution < 1.29 is 13.9 Å². The molecule has 4 heterocycles. The first-order valence-corrected chi connectivity index (χ1v) is 11.7. The standard InChI is InChI=1S/C26H28N6O3/c1-18(2)24-21(17-28-32(24)26-27-11-10-22(29-26)23-5-4-16-35-23)25(33)31-14-12-30(13-15-31)19-6-8-20(34-3)9-7-19/h4-11,16-18H,12-15H2,1-3H3. The highest BCUT2D eigenvalue weighted by atomic mass is 16.5. The van der Waals surface area contributed by atoms with Crippen LogP contribution in [0, 0.1) is 0 Å². The number of amides is 1. The molecule has 0 bridgehead atoms. The number of methoxy groups -OCH3 is 1. The number of benzene rings is 1. The lowest BCUT2D eigenvalue weighted by Gasteiger charge is -2.36. The van der Waals surface area contributed by atoms with Crippen LogP contribution in [0.25, 0.3) is 17.4 Å². The lowest BCUT2D eigenvalue weighted by molar-refractivity contribution is 0.0745. The van der Waals surface area contributed by atoms with E-state index in [9.17, 15) is 4.79 Å². The summed E-state index contributed by atoms with van der Waals surface area (Å²) in [4.78, 5) is 26.7. The topological polar surface area (TPSA) is 89.5 Å². The summed E-state index contributed by atoms with van der Waals surface area (Å²) in [5.74, 6) is 1.92. The Balaban J connectivity index is 1.35. The van der Waals surface area contributed by atoms with Crippen LogP contribution in [0.15, 0.2) is 65.5 Å². The van der Waals surface area contributed by atoms with Gasteiger partial charge in [-0.2, -0.15) is 5.10 Å². The maximum absolute atomic E-state index is 13.5. The van der Waals surface area contributed by atoms with Crippen LogP contribution in [-0.2, 0) is 0 Å². The summed E-state index contributed by atoms with van der Waals surface area (Å²) in [7, 11) is 1.66. The second-order valence-electron chi connectivity index (χ2n) is 8.71. The first-order chi connectivity index (χ1) is 17.0. The Morgan fingerprint density at radius 3 is 2.49 bits per heavy atom. The molecule has 9 heteroatoms. The van der Waals surface area contributed by atoms with E-state index in [0.29, 0.717) is 36.1 Å². The van der Waals surface area contributed by atoms with Crippen molar-refractivity contribution in [1.29, 1.82) is 0 Å². The van der Waals surface area contributed by atoms with Crippen molar-refractivity contribution in [2.45, 2.75) is 19.8 Å². The number of anilines is 1. The lowest BCUT2D eigenvalue weighted by Crippen LogP contribution is -2.49. The van der Waals surface area contributed by atoms with Crippen LogP contribution in [0.2, 0.25) is 0 Å². The molecule has 1 aliphatic rings. The molecule has 0 spiro atoms. The fourth-order valence-corrected chi connectivity index (χ4v) is 4.38. The average molecular weight is 473 g/mol. The van der Waals surface area contributed by atoms with E-state index in [-0.39, 0.29) is 11.8 Å². The molecule has 35 heavy (non-hydrogen) atoms. The van der Waals surface area contributed by atoms with Gasteiger partial charge in [0.15, 0.2) is 5.76 Å². The second-order valence-corrected chi connectivity index (χ2v) is 8.71. The number of rotatable bonds is 6. The van der Waals surface area contributed by atoms with Gasteiger partial charge in [0.25, 0.3) is 11.9 Å². The van der Waals surface area contributed by atoms with Crippen molar-refractivity contribution in [3.05, 3.63) is 72.4 Å². The number of hydrogen-bond acceptors (Lipinski definition) is 7. The van der Waals surface area contributed by atoms with E-state index < -0.39 is 0 Å². The zero-order valence-electron chi connectivity index (χ0n) is 20.1. The molecule has 180 valence electrons. The summed E-state index contributed by atoms with van der Waals surface area (Å²) in [5.41, 5.74) is 3.17. The van der Waals surface area contributed by atoms with Gasteiger partial charge >= 0.3 is 0 Å². The first-order valence-electron chi connectivity index (χ1n) is 11.7. The number of carbonyl (C=O) groups excluding carboxylic acids is 1. The van der Waals surface area contributed by atoms with Gasteiger partial charge in [-0.15, -0.1) is 0 Å². The van der Waals surface area contributed by atoms with Gasteiger partial charge < -0.3 is 19.0 Å². The number of aromatic nitrogens is 4. The number of ether oxygens (including phenoxy) is 1. The Labute approximate surface area is 204 Å². The minimum Gasteiger partial charge on any atom is -0.497 e. The highest BCUT2D eigenvalue weighted by Crippen LogP contribution is 2.26. The molecule has 1 aromatic carbocycles. The Morgan fingerprint density at radius 1 is 1.06 bits per heavy atom. The van der Waals surface area contributed by atoms with Crippen molar-refractivity contribution in [2.24, 2.45) is 0 Å². The maximum atomic E-state index is 13.5. The molecule has 1 aliphatic heterocycles. The largest absolute Gasteiger partial charge is 0.497 e. The van der Waals surface area contributed by atoms with E-state index >= 15 is 0 Å². The first kappa shape index (κ1) is 22.6. The number of carbonyl (C=O) groups is 1. The highest BCUT2D eigenvalue weighted by molar-refractivity contribution is 5.95. The molecule has 5 rings (SSSR count). The van der Waals surface area contributed by atoms with Crippen LogP contribution in [0.5, 0.6) is 5.75 Å². The number of furan rings is 1. The molecular weight excluding hydrogens is 444 g/mol. The third-order valence-electron chi connectivity index (χ3n) is 6.19. The van der Waals surface area contributed by atoms with Crippen molar-refractivity contribution in [3.8, 4) is 23.2 Å². The summed E-state index contributed by atoms with van der Waals surface area (Å²) in [6.45, 7) is 6.88. The van der Waals surface area contributed by atoms with Gasteiger partial charge in [-0.25, -0.2) is 14.6 Å². The van der Waals surface area contributed by atoms with Crippen molar-refractivity contribution in [3.63, 3.8) is 0 Å². The lowest BCUT2D eigenvalue weighted by atomic mass is 10.0. The van der Waals surface area contributed by atoms with Gasteiger partial charge in [0.2, 0.25) is 0 Å². The van der Waals surface area contributed by atoms with Crippen LogP contribution in [0.4, 0.5) is 5.69 Å². The van der Waals surface area contributed by atoms with Crippen LogP contribution in [0.1, 0.15) is 35.8 Å². The van der Waals surface area contributed by atoms with E-state index in [4.69, 9.17) is 9.15 Å². The van der Waals surface area contributed by atoms with Crippen LogP contribution in [0.3, 0.4) is 0 Å². The van der Waals surface area contributed by atoms with E-state index in [2.05, 4.69) is 20.0 Å². The summed E-state index contributed by atoms with van der Waals surface area (Å²) in [6.07, 6.45) is 4.91. The van der Waals surface area contributed by atoms with Gasteiger partial charge in [0, 0.05) is 38.1 Å². The van der Waals surface area contributed by atoms with Crippen LogP contribution >= 0.6 is 0 Å². The molecule has 1 saturated heterocycles. The van der Waals surface area contributed by atoms with Crippen molar-refractivity contribution in [1.82, 2.24) is 24.6 Å². The number of nitrogens with zero attached hydrogens (tertiary/aromatic N) is 6.